The number of benzene rings is 3. The smallest absolute Gasteiger partial charge is 0.266 e. The van der Waals surface area contributed by atoms with Gasteiger partial charge in [0.2, 0.25) is 4.77 Å². The summed E-state index contributed by atoms with van der Waals surface area (Å²) in [7, 11) is 4.60. The van der Waals surface area contributed by atoms with Crippen molar-refractivity contribution in [1.29, 1.82) is 0 Å². The number of nitrogens with zero attached hydrogens (tertiary/aromatic N) is 4. The fraction of sp³-hybridized carbons (Fsp3) is 0.148. The first-order chi connectivity index (χ1) is 18.9. The Labute approximate surface area is 232 Å². The molecule has 0 radical (unpaired) electrons. The van der Waals surface area contributed by atoms with Gasteiger partial charge in [0, 0.05) is 11.6 Å². The minimum atomic E-state index is -0.305. The molecule has 0 unspecified atom stereocenters. The Morgan fingerprint density at radius 2 is 1.67 bits per heavy atom. The van der Waals surface area contributed by atoms with Gasteiger partial charge in [-0.15, -0.1) is 0 Å². The van der Waals surface area contributed by atoms with Gasteiger partial charge in [-0.1, -0.05) is 30.0 Å². The molecular formula is C27H23N5O5S2. The Morgan fingerprint density at radius 3 is 2.33 bits per heavy atom. The van der Waals surface area contributed by atoms with Crippen LogP contribution in [0.1, 0.15) is 16.2 Å². The second-order valence-corrected chi connectivity index (χ2v) is 9.53. The molecule has 2 heterocycles. The van der Waals surface area contributed by atoms with E-state index >= 15 is 0 Å². The first-order valence-electron chi connectivity index (χ1n) is 11.7. The van der Waals surface area contributed by atoms with E-state index in [0.717, 1.165) is 0 Å². The first-order valence-corrected chi connectivity index (χ1v) is 13.1. The second-order valence-electron chi connectivity index (χ2n) is 8.20. The van der Waals surface area contributed by atoms with Crippen molar-refractivity contribution in [3.63, 3.8) is 0 Å². The molecule has 0 aliphatic heterocycles. The van der Waals surface area contributed by atoms with Crippen LogP contribution in [0, 0.1) is 4.77 Å². The zero-order valence-corrected chi connectivity index (χ0v) is 22.8. The average Bonchev–Trinajstić information content (AvgIpc) is 3.35. The molecule has 10 nitrogen and oxygen atoms in total. The predicted molar refractivity (Wildman–Crippen MR) is 150 cm³/mol. The van der Waals surface area contributed by atoms with E-state index < -0.39 is 0 Å². The molecule has 0 atom stereocenters. The van der Waals surface area contributed by atoms with Gasteiger partial charge in [0.15, 0.2) is 16.7 Å². The highest BCUT2D eigenvalue weighted by Gasteiger charge is 2.20. The minimum Gasteiger partial charge on any atom is -0.497 e. The molecule has 2 aromatic heterocycles. The van der Waals surface area contributed by atoms with E-state index in [4.69, 9.17) is 31.4 Å². The van der Waals surface area contributed by atoms with Crippen molar-refractivity contribution in [1.82, 2.24) is 24.3 Å². The molecule has 0 aliphatic carbocycles. The number of carbonyl (C=O) groups is 1. The van der Waals surface area contributed by atoms with E-state index in [2.05, 4.69) is 10.2 Å². The Morgan fingerprint density at radius 1 is 0.974 bits per heavy atom. The lowest BCUT2D eigenvalue weighted by Gasteiger charge is -2.15. The van der Waals surface area contributed by atoms with Crippen molar-refractivity contribution in [2.75, 3.05) is 21.3 Å². The van der Waals surface area contributed by atoms with E-state index in [0.29, 0.717) is 50.4 Å². The molecule has 39 heavy (non-hydrogen) atoms. The molecule has 0 aliphatic rings. The highest BCUT2D eigenvalue weighted by atomic mass is 32.2. The number of ether oxygens (including phenoxy) is 3. The molecular weight excluding hydrogens is 538 g/mol. The van der Waals surface area contributed by atoms with Gasteiger partial charge in [0.05, 0.1) is 43.7 Å². The highest BCUT2D eigenvalue weighted by Crippen LogP contribution is 2.32. The van der Waals surface area contributed by atoms with Crippen LogP contribution in [0.4, 0.5) is 0 Å². The molecule has 198 valence electrons. The van der Waals surface area contributed by atoms with E-state index in [1.165, 1.54) is 35.1 Å². The predicted octanol–water partition coefficient (Wildman–Crippen LogP) is 4.65. The summed E-state index contributed by atoms with van der Waals surface area (Å²) in [5, 5.41) is 7.72. The number of aromatic nitrogens is 5. The first kappa shape index (κ1) is 26.2. The van der Waals surface area contributed by atoms with Crippen LogP contribution in [0.2, 0.25) is 0 Å². The van der Waals surface area contributed by atoms with Crippen LogP contribution in [0.3, 0.4) is 0 Å². The van der Waals surface area contributed by atoms with Crippen LogP contribution in [0.5, 0.6) is 17.2 Å². The zero-order valence-electron chi connectivity index (χ0n) is 21.2. The summed E-state index contributed by atoms with van der Waals surface area (Å²) in [6, 6.07) is 19.1. The largest absolute Gasteiger partial charge is 0.497 e. The van der Waals surface area contributed by atoms with E-state index in [-0.39, 0.29) is 22.0 Å². The SMILES string of the molecule is COc1ccc(-n2c(SCc3n[nH]c(=S)n3C(=O)c3ccccc3)nc3cc(OC)c(OC)cc3c2=O)cc1. The van der Waals surface area contributed by atoms with Crippen molar-refractivity contribution in [2.45, 2.75) is 10.9 Å². The number of hydrogen-bond acceptors (Lipinski definition) is 9. The highest BCUT2D eigenvalue weighted by molar-refractivity contribution is 7.98. The minimum absolute atomic E-state index is 0.176. The van der Waals surface area contributed by atoms with Crippen molar-refractivity contribution in [2.24, 2.45) is 0 Å². The van der Waals surface area contributed by atoms with Gasteiger partial charge < -0.3 is 14.2 Å². The van der Waals surface area contributed by atoms with Crippen molar-refractivity contribution >= 4 is 40.8 Å². The molecule has 0 bridgehead atoms. The maximum atomic E-state index is 13.8. The third kappa shape index (κ3) is 5.03. The summed E-state index contributed by atoms with van der Waals surface area (Å²) in [5.41, 5.74) is 1.20. The van der Waals surface area contributed by atoms with Crippen LogP contribution in [-0.4, -0.2) is 51.6 Å². The monoisotopic (exact) mass is 561 g/mol. The third-order valence-corrected chi connectivity index (χ3v) is 7.18. The average molecular weight is 562 g/mol. The van der Waals surface area contributed by atoms with Gasteiger partial charge >= 0.3 is 0 Å². The quantitative estimate of drug-likeness (QED) is 0.164. The van der Waals surface area contributed by atoms with Crippen molar-refractivity contribution in [3.05, 3.63) is 93.2 Å². The Hall–Kier alpha value is -4.42. The van der Waals surface area contributed by atoms with Crippen LogP contribution in [0.15, 0.2) is 76.7 Å². The molecule has 0 saturated carbocycles. The van der Waals surface area contributed by atoms with Gasteiger partial charge in [-0.3, -0.25) is 19.3 Å². The number of methoxy groups -OCH3 is 3. The molecule has 0 fully saturated rings. The number of nitrogens with one attached hydrogen (secondary N) is 1. The summed E-state index contributed by atoms with van der Waals surface area (Å²) in [5.74, 6) is 1.80. The fourth-order valence-electron chi connectivity index (χ4n) is 4.02. The number of aromatic amines is 1. The Kier molecular flexibility index (Phi) is 7.48. The Bertz CT molecular complexity index is 1780. The summed E-state index contributed by atoms with van der Waals surface area (Å²) in [6.07, 6.45) is 0. The third-order valence-electron chi connectivity index (χ3n) is 5.97. The maximum absolute atomic E-state index is 13.8. The second kappa shape index (κ2) is 11.1. The van der Waals surface area contributed by atoms with Crippen LogP contribution in [0.25, 0.3) is 16.6 Å². The molecule has 0 saturated heterocycles. The van der Waals surface area contributed by atoms with Gasteiger partial charge in [-0.25, -0.2) is 9.55 Å². The number of thioether (sulfide) groups is 1. The normalized spacial score (nSPS) is 10.9. The number of rotatable bonds is 8. The number of carbonyl (C=O) groups excluding carboxylic acids is 1. The Balaban J connectivity index is 1.61. The standard InChI is InChI=1S/C27H23N5O5S2/c1-35-18-11-9-17(10-12-18)31-25(34)19-13-21(36-2)22(37-3)14-20(19)28-27(31)39-15-23-29-30-26(38)32(23)24(33)16-7-5-4-6-8-16/h4-14H,15H2,1-3H3,(H,30,38). The zero-order chi connectivity index (χ0) is 27.5. The number of H-pyrrole nitrogens is 1. The van der Waals surface area contributed by atoms with Crippen LogP contribution in [-0.2, 0) is 5.75 Å². The van der Waals surface area contributed by atoms with Gasteiger partial charge in [-0.2, -0.15) is 5.10 Å². The number of fused-ring (bicyclic) bond motifs is 1. The molecule has 1 N–H and O–H groups in total. The maximum Gasteiger partial charge on any atom is 0.266 e. The number of hydrogen-bond donors (Lipinski definition) is 1. The summed E-state index contributed by atoms with van der Waals surface area (Å²) in [6.45, 7) is 0. The lowest BCUT2D eigenvalue weighted by molar-refractivity contribution is 0.0955. The molecule has 0 amide bonds. The van der Waals surface area contributed by atoms with Crippen molar-refractivity contribution in [3.8, 4) is 22.9 Å². The van der Waals surface area contributed by atoms with E-state index in [1.807, 2.05) is 6.07 Å². The summed E-state index contributed by atoms with van der Waals surface area (Å²) < 4.78 is 19.1. The van der Waals surface area contributed by atoms with E-state index in [9.17, 15) is 9.59 Å². The van der Waals surface area contributed by atoms with Crippen molar-refractivity contribution < 1.29 is 19.0 Å². The van der Waals surface area contributed by atoms with Crippen LogP contribution < -0.4 is 19.8 Å². The fourth-order valence-corrected chi connectivity index (χ4v) is 5.19. The summed E-state index contributed by atoms with van der Waals surface area (Å²) in [4.78, 5) is 31.8. The van der Waals surface area contributed by atoms with E-state index in [1.54, 1.807) is 67.8 Å². The van der Waals surface area contributed by atoms with Crippen LogP contribution >= 0.6 is 24.0 Å². The summed E-state index contributed by atoms with van der Waals surface area (Å²) >= 11 is 6.59. The lowest BCUT2D eigenvalue weighted by atomic mass is 10.2. The van der Waals surface area contributed by atoms with Gasteiger partial charge in [0.25, 0.3) is 11.5 Å². The molecule has 5 aromatic rings. The molecule has 0 spiro atoms. The van der Waals surface area contributed by atoms with Gasteiger partial charge in [-0.05, 0) is 54.7 Å². The molecule has 5 rings (SSSR count). The lowest BCUT2D eigenvalue weighted by Crippen LogP contribution is -2.22. The van der Waals surface area contributed by atoms with Gasteiger partial charge in [0.1, 0.15) is 11.6 Å². The molecule has 3 aromatic carbocycles. The molecule has 12 heteroatoms. The topological polar surface area (TPSA) is 113 Å².